The Balaban J connectivity index is 2.07. The standard InChI is InChI=1S/C12H18N2O4/c1-2-18-10(15)9(14-13)12(16)5-3-11(4-6-12)7-17-8-11/h16H,2-8H2,1H3. The van der Waals surface area contributed by atoms with Gasteiger partial charge in [-0.15, -0.1) is 0 Å². The molecule has 1 aliphatic carbocycles. The van der Waals surface area contributed by atoms with Gasteiger partial charge in [0.1, 0.15) is 0 Å². The van der Waals surface area contributed by atoms with Crippen molar-refractivity contribution in [2.45, 2.75) is 38.2 Å². The summed E-state index contributed by atoms with van der Waals surface area (Å²) in [5.74, 6) is -0.747. The van der Waals surface area contributed by atoms with E-state index in [2.05, 4.69) is 4.79 Å². The van der Waals surface area contributed by atoms with Gasteiger partial charge < -0.3 is 20.1 Å². The van der Waals surface area contributed by atoms with Gasteiger partial charge >= 0.3 is 11.7 Å². The molecule has 0 atom stereocenters. The van der Waals surface area contributed by atoms with Crippen molar-refractivity contribution in [2.75, 3.05) is 19.8 Å². The zero-order valence-electron chi connectivity index (χ0n) is 10.5. The second kappa shape index (κ2) is 4.80. The summed E-state index contributed by atoms with van der Waals surface area (Å²) >= 11 is 0. The van der Waals surface area contributed by atoms with Gasteiger partial charge in [-0.2, -0.15) is 4.79 Å². The Kier molecular flexibility index (Phi) is 3.52. The molecule has 0 aromatic heterocycles. The van der Waals surface area contributed by atoms with E-state index in [4.69, 9.17) is 15.0 Å². The SMILES string of the molecule is CCOC(=O)C(=[N+]=[N-])C1(O)CCC2(CC1)COC2. The van der Waals surface area contributed by atoms with Crippen LogP contribution in [0.5, 0.6) is 0 Å². The molecule has 2 fully saturated rings. The number of carbonyl (C=O) groups is 1. The Morgan fingerprint density at radius 2 is 2.00 bits per heavy atom. The first-order valence-corrected chi connectivity index (χ1v) is 6.25. The molecule has 0 amide bonds. The van der Waals surface area contributed by atoms with E-state index in [0.29, 0.717) is 26.1 Å². The van der Waals surface area contributed by atoms with Crippen LogP contribution in [-0.2, 0) is 14.3 Å². The molecule has 6 heteroatoms. The minimum atomic E-state index is -1.37. The van der Waals surface area contributed by atoms with E-state index >= 15 is 0 Å². The van der Waals surface area contributed by atoms with Crippen molar-refractivity contribution in [1.29, 1.82) is 0 Å². The number of carbonyl (C=O) groups excluding carboxylic acids is 1. The number of esters is 1. The third-order valence-corrected chi connectivity index (χ3v) is 3.96. The van der Waals surface area contributed by atoms with Crippen LogP contribution in [0.15, 0.2) is 0 Å². The molecule has 2 aliphatic rings. The van der Waals surface area contributed by atoms with Gasteiger partial charge in [0, 0.05) is 5.41 Å². The molecule has 1 saturated carbocycles. The first-order chi connectivity index (χ1) is 8.55. The quantitative estimate of drug-likeness (QED) is 0.344. The summed E-state index contributed by atoms with van der Waals surface area (Å²) in [4.78, 5) is 14.6. The highest BCUT2D eigenvalue weighted by molar-refractivity contribution is 6.37. The number of ether oxygens (including phenoxy) is 2. The summed E-state index contributed by atoms with van der Waals surface area (Å²) in [5, 5.41) is 10.4. The van der Waals surface area contributed by atoms with Crippen LogP contribution >= 0.6 is 0 Å². The third kappa shape index (κ3) is 2.19. The molecule has 1 spiro atoms. The monoisotopic (exact) mass is 254 g/mol. The third-order valence-electron chi connectivity index (χ3n) is 3.96. The Morgan fingerprint density at radius 3 is 2.39 bits per heavy atom. The van der Waals surface area contributed by atoms with E-state index < -0.39 is 11.6 Å². The maximum atomic E-state index is 11.6. The van der Waals surface area contributed by atoms with Gasteiger partial charge in [-0.3, -0.25) is 0 Å². The lowest BCUT2D eigenvalue weighted by molar-refractivity contribution is -0.160. The molecule has 1 heterocycles. The van der Waals surface area contributed by atoms with Gasteiger partial charge in [0.2, 0.25) is 0 Å². The molecule has 0 aromatic carbocycles. The smallest absolute Gasteiger partial charge is 0.420 e. The van der Waals surface area contributed by atoms with Crippen LogP contribution in [0.1, 0.15) is 32.6 Å². The fourth-order valence-electron chi connectivity index (χ4n) is 2.63. The highest BCUT2D eigenvalue weighted by Crippen LogP contribution is 2.45. The average Bonchev–Trinajstić information content (AvgIpc) is 2.29. The molecule has 0 aromatic rings. The topological polar surface area (TPSA) is 92.2 Å². The zero-order valence-corrected chi connectivity index (χ0v) is 10.5. The summed E-state index contributed by atoms with van der Waals surface area (Å²) in [7, 11) is 0. The van der Waals surface area contributed by atoms with Gasteiger partial charge in [-0.1, -0.05) is 0 Å². The highest BCUT2D eigenvalue weighted by Gasteiger charge is 2.53. The molecule has 1 N–H and O–H groups in total. The van der Waals surface area contributed by atoms with Gasteiger partial charge in [0.15, 0.2) is 5.60 Å². The number of hydrogen-bond acceptors (Lipinski definition) is 4. The van der Waals surface area contributed by atoms with Crippen LogP contribution in [0.4, 0.5) is 0 Å². The van der Waals surface area contributed by atoms with Crippen molar-refractivity contribution >= 4 is 11.7 Å². The maximum Gasteiger partial charge on any atom is 0.420 e. The molecular weight excluding hydrogens is 236 g/mol. The van der Waals surface area contributed by atoms with Crippen molar-refractivity contribution in [3.63, 3.8) is 0 Å². The number of nitrogens with zero attached hydrogens (tertiary/aromatic N) is 2. The first-order valence-electron chi connectivity index (χ1n) is 6.25. The predicted molar refractivity (Wildman–Crippen MR) is 61.9 cm³/mol. The summed E-state index contributed by atoms with van der Waals surface area (Å²) in [5.41, 5.74) is 7.45. The normalized spacial score (nSPS) is 23.9. The van der Waals surface area contributed by atoms with Gasteiger partial charge in [-0.05, 0) is 32.6 Å². The lowest BCUT2D eigenvalue weighted by Gasteiger charge is -2.47. The minimum Gasteiger partial charge on any atom is -0.457 e. The second-order valence-electron chi connectivity index (χ2n) is 5.19. The van der Waals surface area contributed by atoms with Gasteiger partial charge in [0.25, 0.3) is 0 Å². The lowest BCUT2D eigenvalue weighted by Crippen LogP contribution is -2.54. The van der Waals surface area contributed by atoms with E-state index in [1.165, 1.54) is 0 Å². The summed E-state index contributed by atoms with van der Waals surface area (Å²) in [6.45, 7) is 3.28. The van der Waals surface area contributed by atoms with Crippen molar-refractivity contribution in [3.05, 3.63) is 5.53 Å². The minimum absolute atomic E-state index is 0.154. The van der Waals surface area contributed by atoms with E-state index in [9.17, 15) is 9.90 Å². The van der Waals surface area contributed by atoms with Crippen LogP contribution in [0.3, 0.4) is 0 Å². The molecule has 0 bridgehead atoms. The second-order valence-corrected chi connectivity index (χ2v) is 5.19. The maximum absolute atomic E-state index is 11.6. The van der Waals surface area contributed by atoms with Crippen LogP contribution in [0, 0.1) is 5.41 Å². The number of hydrogen-bond donors (Lipinski definition) is 1. The number of rotatable bonds is 3. The average molecular weight is 254 g/mol. The van der Waals surface area contributed by atoms with Crippen LogP contribution in [-0.4, -0.2) is 47.0 Å². The van der Waals surface area contributed by atoms with Crippen molar-refractivity contribution < 1.29 is 24.2 Å². The van der Waals surface area contributed by atoms with E-state index in [1.54, 1.807) is 6.92 Å². The number of aliphatic hydroxyl groups is 1. The molecule has 1 aliphatic heterocycles. The lowest BCUT2D eigenvalue weighted by atomic mass is 9.66. The van der Waals surface area contributed by atoms with Crippen molar-refractivity contribution in [1.82, 2.24) is 0 Å². The van der Waals surface area contributed by atoms with Crippen LogP contribution in [0.2, 0.25) is 0 Å². The fourth-order valence-corrected chi connectivity index (χ4v) is 2.63. The molecule has 0 unspecified atom stereocenters. The predicted octanol–water partition coefficient (Wildman–Crippen LogP) is 0.542. The first kappa shape index (κ1) is 13.2. The Hall–Kier alpha value is -1.23. The van der Waals surface area contributed by atoms with E-state index in [-0.39, 0.29) is 17.7 Å². The summed E-state index contributed by atoms with van der Waals surface area (Å²) < 4.78 is 9.99. The highest BCUT2D eigenvalue weighted by atomic mass is 16.5. The Labute approximate surface area is 106 Å². The zero-order chi connectivity index (χ0) is 13.2. The molecule has 18 heavy (non-hydrogen) atoms. The van der Waals surface area contributed by atoms with Gasteiger partial charge in [0.05, 0.1) is 19.8 Å². The largest absolute Gasteiger partial charge is 0.457 e. The summed E-state index contributed by atoms with van der Waals surface area (Å²) in [6, 6.07) is 0. The molecule has 100 valence electrons. The van der Waals surface area contributed by atoms with Crippen molar-refractivity contribution in [3.8, 4) is 0 Å². The van der Waals surface area contributed by atoms with Crippen molar-refractivity contribution in [2.24, 2.45) is 5.41 Å². The molecule has 1 saturated heterocycles. The van der Waals surface area contributed by atoms with E-state index in [0.717, 1.165) is 12.8 Å². The van der Waals surface area contributed by atoms with Gasteiger partial charge in [-0.25, -0.2) is 4.79 Å². The molecule has 2 rings (SSSR count). The summed E-state index contributed by atoms with van der Waals surface area (Å²) in [6.07, 6.45) is 2.33. The molecular formula is C12H18N2O4. The Bertz CT molecular complexity index is 387. The van der Waals surface area contributed by atoms with E-state index in [1.807, 2.05) is 0 Å². The van der Waals surface area contributed by atoms with Crippen LogP contribution < -0.4 is 0 Å². The fraction of sp³-hybridized carbons (Fsp3) is 0.833. The van der Waals surface area contributed by atoms with Crippen LogP contribution in [0.25, 0.3) is 5.53 Å². The molecule has 6 nitrogen and oxygen atoms in total. The Morgan fingerprint density at radius 1 is 1.39 bits per heavy atom. The molecule has 0 radical (unpaired) electrons.